The number of pyridine rings is 1. The van der Waals surface area contributed by atoms with Gasteiger partial charge in [0.2, 0.25) is 5.91 Å². The number of rotatable bonds is 2. The normalized spacial score (nSPS) is 16.9. The summed E-state index contributed by atoms with van der Waals surface area (Å²) >= 11 is 5.80. The quantitative estimate of drug-likeness (QED) is 0.873. The van der Waals surface area contributed by atoms with E-state index in [4.69, 9.17) is 11.6 Å². The lowest BCUT2D eigenvalue weighted by Crippen LogP contribution is -2.39. The smallest absolute Gasteiger partial charge is 0.222 e. The van der Waals surface area contributed by atoms with Crippen molar-refractivity contribution in [1.82, 2.24) is 10.3 Å². The van der Waals surface area contributed by atoms with Crippen molar-refractivity contribution in [2.24, 2.45) is 5.92 Å². The third-order valence-corrected chi connectivity index (χ3v) is 3.37. The lowest BCUT2D eigenvalue weighted by atomic mass is 9.96. The number of hydrogen-bond donors (Lipinski definition) is 1. The number of anilines is 1. The molecule has 2 rings (SSSR count). The average molecular weight is 254 g/mol. The standard InChI is InChI=1S/C12H16ClN3O/c1-14-12(17)9-4-6-16(7-5-9)11-3-2-10(13)8-15-11/h2-3,8-9H,4-7H2,1H3,(H,14,17). The Morgan fingerprint density at radius 1 is 1.47 bits per heavy atom. The maximum Gasteiger partial charge on any atom is 0.222 e. The van der Waals surface area contributed by atoms with Crippen LogP contribution in [0.4, 0.5) is 5.82 Å². The molecule has 17 heavy (non-hydrogen) atoms. The first-order valence-corrected chi connectivity index (χ1v) is 6.16. The SMILES string of the molecule is CNC(=O)C1CCN(c2ccc(Cl)cn2)CC1. The minimum atomic E-state index is 0.142. The summed E-state index contributed by atoms with van der Waals surface area (Å²) in [7, 11) is 1.69. The summed E-state index contributed by atoms with van der Waals surface area (Å²) in [4.78, 5) is 18.0. The Labute approximate surface area is 106 Å². The molecule has 1 fully saturated rings. The van der Waals surface area contributed by atoms with Crippen molar-refractivity contribution < 1.29 is 4.79 Å². The van der Waals surface area contributed by atoms with E-state index in [9.17, 15) is 4.79 Å². The van der Waals surface area contributed by atoms with Crippen LogP contribution in [0.2, 0.25) is 5.02 Å². The number of aromatic nitrogens is 1. The highest BCUT2D eigenvalue weighted by Crippen LogP contribution is 2.22. The maximum absolute atomic E-state index is 11.5. The molecular formula is C12H16ClN3O. The number of nitrogens with one attached hydrogen (secondary N) is 1. The first-order valence-electron chi connectivity index (χ1n) is 5.79. The van der Waals surface area contributed by atoms with Gasteiger partial charge in [0.1, 0.15) is 5.82 Å². The Kier molecular flexibility index (Phi) is 3.84. The van der Waals surface area contributed by atoms with E-state index in [1.165, 1.54) is 0 Å². The molecule has 2 heterocycles. The van der Waals surface area contributed by atoms with Crippen LogP contribution in [0.25, 0.3) is 0 Å². The molecule has 1 saturated heterocycles. The van der Waals surface area contributed by atoms with Crippen LogP contribution in [0.1, 0.15) is 12.8 Å². The lowest BCUT2D eigenvalue weighted by molar-refractivity contribution is -0.125. The highest BCUT2D eigenvalue weighted by Gasteiger charge is 2.24. The van der Waals surface area contributed by atoms with Crippen molar-refractivity contribution in [3.05, 3.63) is 23.4 Å². The van der Waals surface area contributed by atoms with E-state index in [2.05, 4.69) is 15.2 Å². The van der Waals surface area contributed by atoms with Gasteiger partial charge in [0.15, 0.2) is 0 Å². The predicted octanol–water partition coefficient (Wildman–Crippen LogP) is 1.70. The molecule has 1 aliphatic heterocycles. The fourth-order valence-electron chi connectivity index (χ4n) is 2.13. The second kappa shape index (κ2) is 5.36. The molecular weight excluding hydrogens is 238 g/mol. The molecule has 0 bridgehead atoms. The molecule has 1 aromatic rings. The molecule has 92 valence electrons. The first kappa shape index (κ1) is 12.2. The lowest BCUT2D eigenvalue weighted by Gasteiger charge is -2.31. The number of carbonyl (C=O) groups excluding carboxylic acids is 1. The molecule has 1 aromatic heterocycles. The van der Waals surface area contributed by atoms with E-state index >= 15 is 0 Å². The summed E-state index contributed by atoms with van der Waals surface area (Å²) in [5, 5.41) is 3.35. The van der Waals surface area contributed by atoms with Gasteiger partial charge >= 0.3 is 0 Å². The van der Waals surface area contributed by atoms with E-state index in [0.29, 0.717) is 5.02 Å². The summed E-state index contributed by atoms with van der Waals surface area (Å²) in [6.07, 6.45) is 3.41. The van der Waals surface area contributed by atoms with E-state index in [1.807, 2.05) is 12.1 Å². The van der Waals surface area contributed by atoms with Crippen molar-refractivity contribution >= 4 is 23.3 Å². The molecule has 0 saturated carbocycles. The molecule has 1 N–H and O–H groups in total. The van der Waals surface area contributed by atoms with Gasteiger partial charge in [-0.25, -0.2) is 4.98 Å². The third kappa shape index (κ3) is 2.88. The molecule has 0 radical (unpaired) electrons. The zero-order valence-electron chi connectivity index (χ0n) is 9.82. The topological polar surface area (TPSA) is 45.2 Å². The number of amides is 1. The van der Waals surface area contributed by atoms with Crippen LogP contribution in [0.15, 0.2) is 18.3 Å². The van der Waals surface area contributed by atoms with Crippen LogP contribution in [-0.2, 0) is 4.79 Å². The maximum atomic E-state index is 11.5. The number of nitrogens with zero attached hydrogens (tertiary/aromatic N) is 2. The minimum Gasteiger partial charge on any atom is -0.359 e. The first-order chi connectivity index (χ1) is 8.20. The molecule has 1 aliphatic rings. The summed E-state index contributed by atoms with van der Waals surface area (Å²) in [6.45, 7) is 1.74. The van der Waals surface area contributed by atoms with Crippen LogP contribution in [0.5, 0.6) is 0 Å². The van der Waals surface area contributed by atoms with E-state index in [-0.39, 0.29) is 11.8 Å². The number of hydrogen-bond acceptors (Lipinski definition) is 3. The minimum absolute atomic E-state index is 0.142. The summed E-state index contributed by atoms with van der Waals surface area (Å²) in [6, 6.07) is 3.76. The van der Waals surface area contributed by atoms with Gasteiger partial charge in [-0.2, -0.15) is 0 Å². The van der Waals surface area contributed by atoms with Crippen LogP contribution < -0.4 is 10.2 Å². The Morgan fingerprint density at radius 2 is 2.18 bits per heavy atom. The highest BCUT2D eigenvalue weighted by molar-refractivity contribution is 6.30. The van der Waals surface area contributed by atoms with Gasteiger partial charge in [-0.15, -0.1) is 0 Å². The Balaban J connectivity index is 1.95. The van der Waals surface area contributed by atoms with Gasteiger partial charge in [-0.1, -0.05) is 11.6 Å². The number of halogens is 1. The molecule has 0 aromatic carbocycles. The fourth-order valence-corrected chi connectivity index (χ4v) is 2.24. The van der Waals surface area contributed by atoms with Crippen molar-refractivity contribution in [2.45, 2.75) is 12.8 Å². The summed E-state index contributed by atoms with van der Waals surface area (Å²) in [5.74, 6) is 1.22. The van der Waals surface area contributed by atoms with E-state index < -0.39 is 0 Å². The van der Waals surface area contributed by atoms with Gasteiger partial charge in [-0.3, -0.25) is 4.79 Å². The van der Waals surface area contributed by atoms with Gasteiger partial charge in [0.25, 0.3) is 0 Å². The summed E-state index contributed by atoms with van der Waals surface area (Å²) in [5.41, 5.74) is 0. The van der Waals surface area contributed by atoms with Crippen LogP contribution >= 0.6 is 11.6 Å². The number of piperidine rings is 1. The number of carbonyl (C=O) groups is 1. The molecule has 0 aliphatic carbocycles. The molecule has 0 atom stereocenters. The van der Waals surface area contributed by atoms with Gasteiger partial charge < -0.3 is 10.2 Å². The molecule has 5 heteroatoms. The fraction of sp³-hybridized carbons (Fsp3) is 0.500. The Morgan fingerprint density at radius 3 is 2.71 bits per heavy atom. The highest BCUT2D eigenvalue weighted by atomic mass is 35.5. The van der Waals surface area contributed by atoms with Gasteiger partial charge in [0.05, 0.1) is 5.02 Å². The van der Waals surface area contributed by atoms with Crippen LogP contribution in [0.3, 0.4) is 0 Å². The van der Waals surface area contributed by atoms with Crippen molar-refractivity contribution in [2.75, 3.05) is 25.0 Å². The van der Waals surface area contributed by atoms with Crippen molar-refractivity contribution in [3.63, 3.8) is 0 Å². The van der Waals surface area contributed by atoms with Crippen molar-refractivity contribution in [1.29, 1.82) is 0 Å². The zero-order valence-corrected chi connectivity index (χ0v) is 10.6. The largest absolute Gasteiger partial charge is 0.359 e. The second-order valence-corrected chi connectivity index (χ2v) is 4.65. The molecule has 4 nitrogen and oxygen atoms in total. The van der Waals surface area contributed by atoms with E-state index in [1.54, 1.807) is 13.2 Å². The second-order valence-electron chi connectivity index (χ2n) is 4.21. The van der Waals surface area contributed by atoms with Crippen LogP contribution in [-0.4, -0.2) is 31.0 Å². The van der Waals surface area contributed by atoms with Crippen LogP contribution in [0, 0.1) is 5.92 Å². The predicted molar refractivity (Wildman–Crippen MR) is 68.3 cm³/mol. The average Bonchev–Trinajstić information content (AvgIpc) is 2.39. The molecule has 0 unspecified atom stereocenters. The monoisotopic (exact) mass is 253 g/mol. The molecule has 1 amide bonds. The Hall–Kier alpha value is -1.29. The Bertz CT molecular complexity index is 385. The third-order valence-electron chi connectivity index (χ3n) is 3.15. The zero-order chi connectivity index (χ0) is 12.3. The van der Waals surface area contributed by atoms with Crippen molar-refractivity contribution in [3.8, 4) is 0 Å². The van der Waals surface area contributed by atoms with Gasteiger partial charge in [-0.05, 0) is 25.0 Å². The summed E-state index contributed by atoms with van der Waals surface area (Å²) < 4.78 is 0. The molecule has 0 spiro atoms. The van der Waals surface area contributed by atoms with Gasteiger partial charge in [0, 0.05) is 32.3 Å². The van der Waals surface area contributed by atoms with E-state index in [0.717, 1.165) is 31.7 Å².